The highest BCUT2D eigenvalue weighted by molar-refractivity contribution is 14.1. The largest absolute Gasteiger partial charge is 0.350 e. The Morgan fingerprint density at radius 3 is 2.35 bits per heavy atom. The second-order valence-corrected chi connectivity index (χ2v) is 6.33. The average Bonchev–Trinajstić information content (AvgIpc) is 2.90. The van der Waals surface area contributed by atoms with E-state index in [1.54, 1.807) is 18.3 Å². The van der Waals surface area contributed by atoms with Crippen molar-refractivity contribution in [2.75, 3.05) is 0 Å². The van der Waals surface area contributed by atoms with Gasteiger partial charge in [0.1, 0.15) is 0 Å². The van der Waals surface area contributed by atoms with Gasteiger partial charge in [0.15, 0.2) is 0 Å². The smallest absolute Gasteiger partial charge is 0.271 e. The van der Waals surface area contributed by atoms with Crippen LogP contribution < -0.4 is 10.9 Å². The van der Waals surface area contributed by atoms with Crippen molar-refractivity contribution in [3.05, 3.63) is 69.4 Å². The minimum Gasteiger partial charge on any atom is -0.350 e. The number of rotatable bonds is 2. The van der Waals surface area contributed by atoms with Crippen molar-refractivity contribution in [2.24, 2.45) is 7.05 Å². The van der Waals surface area contributed by atoms with E-state index in [1.165, 1.54) is 0 Å². The standard InChI is InChI=1S/C17H14IN3O2/c1-21-10-14(13-4-2-3-5-15(13)21)17(23)20-19-16(22)11-6-8-12(18)9-7-11/h2-10H,1H3,(H,19,22)(H,20,23). The molecule has 0 atom stereocenters. The van der Waals surface area contributed by atoms with Crippen LogP contribution in [0.15, 0.2) is 54.7 Å². The van der Waals surface area contributed by atoms with Gasteiger partial charge in [0.2, 0.25) is 0 Å². The summed E-state index contributed by atoms with van der Waals surface area (Å²) in [6, 6.07) is 14.7. The minimum absolute atomic E-state index is 0.347. The molecule has 0 saturated heterocycles. The molecule has 0 saturated carbocycles. The van der Waals surface area contributed by atoms with Crippen LogP contribution in [0.25, 0.3) is 10.9 Å². The lowest BCUT2D eigenvalue weighted by atomic mass is 10.2. The molecule has 23 heavy (non-hydrogen) atoms. The molecule has 0 fully saturated rings. The molecule has 3 aromatic rings. The Balaban J connectivity index is 1.74. The van der Waals surface area contributed by atoms with Gasteiger partial charge in [-0.3, -0.25) is 20.4 Å². The van der Waals surface area contributed by atoms with Gasteiger partial charge in [0, 0.05) is 33.3 Å². The number of halogens is 1. The van der Waals surface area contributed by atoms with Crippen molar-refractivity contribution in [3.8, 4) is 0 Å². The van der Waals surface area contributed by atoms with Crippen LogP contribution in [0, 0.1) is 3.57 Å². The molecule has 0 bridgehead atoms. The van der Waals surface area contributed by atoms with Crippen molar-refractivity contribution < 1.29 is 9.59 Å². The van der Waals surface area contributed by atoms with Crippen LogP contribution in [0.2, 0.25) is 0 Å². The minimum atomic E-state index is -0.352. The highest BCUT2D eigenvalue weighted by Crippen LogP contribution is 2.19. The Hall–Kier alpha value is -2.35. The number of benzene rings is 2. The molecule has 0 spiro atoms. The summed E-state index contributed by atoms with van der Waals surface area (Å²) in [5, 5.41) is 0.844. The number of nitrogens with zero attached hydrogens (tertiary/aromatic N) is 1. The monoisotopic (exact) mass is 419 g/mol. The molecule has 5 nitrogen and oxygen atoms in total. The number of aryl methyl sites for hydroxylation is 1. The van der Waals surface area contributed by atoms with E-state index >= 15 is 0 Å². The summed E-state index contributed by atoms with van der Waals surface area (Å²) in [7, 11) is 1.88. The zero-order valence-electron chi connectivity index (χ0n) is 12.3. The van der Waals surface area contributed by atoms with Crippen LogP contribution >= 0.6 is 22.6 Å². The third kappa shape index (κ3) is 3.21. The quantitative estimate of drug-likeness (QED) is 0.496. The van der Waals surface area contributed by atoms with Crippen LogP contribution in [0.5, 0.6) is 0 Å². The summed E-state index contributed by atoms with van der Waals surface area (Å²) in [4.78, 5) is 24.3. The molecule has 2 amide bonds. The normalized spacial score (nSPS) is 10.5. The number of fused-ring (bicyclic) bond motifs is 1. The first-order valence-corrected chi connectivity index (χ1v) is 8.04. The summed E-state index contributed by atoms with van der Waals surface area (Å²) in [5.74, 6) is -0.698. The molecule has 2 aromatic carbocycles. The van der Waals surface area contributed by atoms with Gasteiger partial charge in [-0.2, -0.15) is 0 Å². The van der Waals surface area contributed by atoms with E-state index in [9.17, 15) is 9.59 Å². The van der Waals surface area contributed by atoms with Crippen LogP contribution in [0.4, 0.5) is 0 Å². The van der Waals surface area contributed by atoms with Crippen molar-refractivity contribution in [1.29, 1.82) is 0 Å². The van der Waals surface area contributed by atoms with E-state index in [-0.39, 0.29) is 11.8 Å². The summed E-state index contributed by atoms with van der Waals surface area (Å²) < 4.78 is 2.92. The molecule has 6 heteroatoms. The lowest BCUT2D eigenvalue weighted by Gasteiger charge is -2.07. The number of hydrazine groups is 1. The second kappa shape index (κ2) is 6.41. The first-order valence-electron chi connectivity index (χ1n) is 6.96. The summed E-state index contributed by atoms with van der Waals surface area (Å²) in [5.41, 5.74) is 6.87. The lowest BCUT2D eigenvalue weighted by molar-refractivity contribution is 0.0847. The Labute approximate surface area is 146 Å². The maximum Gasteiger partial charge on any atom is 0.271 e. The van der Waals surface area contributed by atoms with Crippen LogP contribution in [-0.2, 0) is 7.05 Å². The van der Waals surface area contributed by atoms with Gasteiger partial charge in [0.25, 0.3) is 11.8 Å². The molecule has 1 aromatic heterocycles. The van der Waals surface area contributed by atoms with E-state index in [2.05, 4.69) is 33.4 Å². The molecular formula is C17H14IN3O2. The van der Waals surface area contributed by atoms with E-state index in [1.807, 2.05) is 48.0 Å². The summed E-state index contributed by atoms with van der Waals surface area (Å²) in [6.07, 6.45) is 1.75. The Bertz CT molecular complexity index is 884. The number of carbonyl (C=O) groups is 2. The Morgan fingerprint density at radius 1 is 0.957 bits per heavy atom. The first kappa shape index (κ1) is 15.5. The highest BCUT2D eigenvalue weighted by atomic mass is 127. The zero-order valence-corrected chi connectivity index (χ0v) is 14.5. The fourth-order valence-electron chi connectivity index (χ4n) is 2.38. The topological polar surface area (TPSA) is 63.1 Å². The number of carbonyl (C=O) groups excluding carboxylic acids is 2. The molecule has 0 aliphatic heterocycles. The van der Waals surface area contributed by atoms with Crippen molar-refractivity contribution in [2.45, 2.75) is 0 Å². The highest BCUT2D eigenvalue weighted by Gasteiger charge is 2.14. The number of nitrogens with one attached hydrogen (secondary N) is 2. The first-order chi connectivity index (χ1) is 11.1. The van der Waals surface area contributed by atoms with Crippen LogP contribution in [0.1, 0.15) is 20.7 Å². The van der Waals surface area contributed by atoms with Gasteiger partial charge >= 0.3 is 0 Å². The molecular weight excluding hydrogens is 405 g/mol. The van der Waals surface area contributed by atoms with Crippen LogP contribution in [0.3, 0.4) is 0 Å². The summed E-state index contributed by atoms with van der Waals surface area (Å²) >= 11 is 2.17. The fourth-order valence-corrected chi connectivity index (χ4v) is 2.74. The van der Waals surface area contributed by atoms with E-state index < -0.39 is 0 Å². The maximum atomic E-state index is 12.3. The molecule has 2 N–H and O–H groups in total. The molecule has 0 radical (unpaired) electrons. The SMILES string of the molecule is Cn1cc(C(=O)NNC(=O)c2ccc(I)cc2)c2ccccc21. The molecule has 3 rings (SSSR count). The van der Waals surface area contributed by atoms with Crippen molar-refractivity contribution >= 4 is 45.3 Å². The second-order valence-electron chi connectivity index (χ2n) is 5.09. The molecule has 0 unspecified atom stereocenters. The zero-order chi connectivity index (χ0) is 16.4. The number of para-hydroxylation sites is 1. The molecule has 1 heterocycles. The fraction of sp³-hybridized carbons (Fsp3) is 0.0588. The Kier molecular flexibility index (Phi) is 4.33. The van der Waals surface area contributed by atoms with Gasteiger partial charge in [-0.05, 0) is 52.9 Å². The van der Waals surface area contributed by atoms with Crippen LogP contribution in [-0.4, -0.2) is 16.4 Å². The van der Waals surface area contributed by atoms with Gasteiger partial charge in [-0.15, -0.1) is 0 Å². The van der Waals surface area contributed by atoms with Crippen molar-refractivity contribution in [1.82, 2.24) is 15.4 Å². The molecule has 116 valence electrons. The van der Waals surface area contributed by atoms with Crippen molar-refractivity contribution in [3.63, 3.8) is 0 Å². The lowest BCUT2D eigenvalue weighted by Crippen LogP contribution is -2.41. The number of amides is 2. The maximum absolute atomic E-state index is 12.3. The number of aromatic nitrogens is 1. The third-order valence-corrected chi connectivity index (χ3v) is 4.26. The third-order valence-electron chi connectivity index (χ3n) is 3.54. The molecule has 0 aliphatic carbocycles. The number of hydrogen-bond acceptors (Lipinski definition) is 2. The van der Waals surface area contributed by atoms with E-state index in [0.717, 1.165) is 14.5 Å². The van der Waals surface area contributed by atoms with E-state index in [0.29, 0.717) is 11.1 Å². The molecule has 0 aliphatic rings. The average molecular weight is 419 g/mol. The predicted octanol–water partition coefficient (Wildman–Crippen LogP) is 2.86. The Morgan fingerprint density at radius 2 is 1.61 bits per heavy atom. The number of hydrogen-bond donors (Lipinski definition) is 2. The van der Waals surface area contributed by atoms with Gasteiger partial charge in [-0.25, -0.2) is 0 Å². The van der Waals surface area contributed by atoms with Gasteiger partial charge in [0.05, 0.1) is 5.56 Å². The van der Waals surface area contributed by atoms with Gasteiger partial charge in [-0.1, -0.05) is 18.2 Å². The summed E-state index contributed by atoms with van der Waals surface area (Å²) in [6.45, 7) is 0. The van der Waals surface area contributed by atoms with E-state index in [4.69, 9.17) is 0 Å². The van der Waals surface area contributed by atoms with Gasteiger partial charge < -0.3 is 4.57 Å². The predicted molar refractivity (Wildman–Crippen MR) is 97.0 cm³/mol.